The molecule has 0 N–H and O–H groups in total. The van der Waals surface area contributed by atoms with Gasteiger partial charge in [-0.15, -0.1) is 23.2 Å². The summed E-state index contributed by atoms with van der Waals surface area (Å²) in [5, 5.41) is 18.5. The van der Waals surface area contributed by atoms with Crippen molar-refractivity contribution in [2.75, 3.05) is 26.4 Å². The Balaban J connectivity index is 0.000000280. The zero-order chi connectivity index (χ0) is 38.6. The molecule has 0 bridgehead atoms. The van der Waals surface area contributed by atoms with Crippen LogP contribution in [-0.4, -0.2) is 74.5 Å². The van der Waals surface area contributed by atoms with Crippen LogP contribution in [0.5, 0.6) is 11.5 Å². The fraction of sp³-hybridized carbons (Fsp3) is 0.529. The number of alkyl halides is 6. The summed E-state index contributed by atoms with van der Waals surface area (Å²) in [6.45, 7) is 13.9. The first-order valence-electron chi connectivity index (χ1n) is 16.5. The molecule has 52 heavy (non-hydrogen) atoms. The number of halogens is 6. The van der Waals surface area contributed by atoms with Gasteiger partial charge in [0.1, 0.15) is 62.0 Å². The summed E-state index contributed by atoms with van der Waals surface area (Å²) in [6, 6.07) is 12.1. The predicted octanol–water partition coefficient (Wildman–Crippen LogP) is 9.21. The summed E-state index contributed by atoms with van der Waals surface area (Å²) in [7, 11) is -2.39. The predicted molar refractivity (Wildman–Crippen MR) is 199 cm³/mol. The average Bonchev–Trinajstić information content (AvgIpc) is 3.60. The second-order valence-electron chi connectivity index (χ2n) is 14.2. The Morgan fingerprint density at radius 3 is 1.48 bits per heavy atom. The minimum atomic E-state index is -2.62. The van der Waals surface area contributed by atoms with Crippen molar-refractivity contribution in [3.05, 3.63) is 47.0 Å². The Hall–Kier alpha value is -3.39. The third-order valence-electron chi connectivity index (χ3n) is 7.50. The number of fused-ring (bicyclic) bond motifs is 2. The van der Waals surface area contributed by atoms with Crippen LogP contribution in [0, 0.1) is 22.7 Å². The SMILES string of the molecule is C[Si](C)(C)CCOCn1c(CCl)nc2cc(C#N)c(OCC(F)F)cc21.C[Si](C)(C)CCOCn1c(CCl)nc2cc(OCC(F)F)c(C#N)cc21. The summed E-state index contributed by atoms with van der Waals surface area (Å²) < 4.78 is 74.9. The number of ether oxygens (including phenoxy) is 4. The van der Waals surface area contributed by atoms with Crippen molar-refractivity contribution in [1.82, 2.24) is 19.1 Å². The smallest absolute Gasteiger partial charge is 0.272 e. The lowest BCUT2D eigenvalue weighted by atomic mass is 10.2. The third-order valence-corrected chi connectivity index (χ3v) is 11.4. The first-order valence-corrected chi connectivity index (χ1v) is 24.9. The van der Waals surface area contributed by atoms with Crippen molar-refractivity contribution in [2.45, 2.75) is 89.4 Å². The number of aromatic nitrogens is 4. The van der Waals surface area contributed by atoms with Gasteiger partial charge in [0.25, 0.3) is 12.9 Å². The number of imidazole rings is 2. The molecule has 0 aliphatic rings. The Labute approximate surface area is 313 Å². The van der Waals surface area contributed by atoms with Gasteiger partial charge >= 0.3 is 0 Å². The van der Waals surface area contributed by atoms with E-state index in [-0.39, 0.29) is 47.8 Å². The largest absolute Gasteiger partial charge is 0.486 e. The molecule has 0 radical (unpaired) electrons. The lowest BCUT2D eigenvalue weighted by Crippen LogP contribution is -2.22. The Kier molecular flexibility index (Phi) is 16.2. The van der Waals surface area contributed by atoms with Gasteiger partial charge in [0.05, 0.1) is 45.0 Å². The highest BCUT2D eigenvalue weighted by Gasteiger charge is 2.19. The van der Waals surface area contributed by atoms with E-state index < -0.39 is 42.2 Å². The molecule has 4 aromatic rings. The van der Waals surface area contributed by atoms with E-state index in [2.05, 4.69) is 49.3 Å². The fourth-order valence-electron chi connectivity index (χ4n) is 4.68. The Morgan fingerprint density at radius 2 is 1.08 bits per heavy atom. The molecule has 0 atom stereocenters. The maximum atomic E-state index is 12.5. The molecule has 2 aromatic carbocycles. The molecule has 0 spiro atoms. The Morgan fingerprint density at radius 1 is 0.673 bits per heavy atom. The molecule has 284 valence electrons. The number of hydrogen-bond donors (Lipinski definition) is 0. The van der Waals surface area contributed by atoms with Crippen LogP contribution in [0.2, 0.25) is 51.4 Å². The second-order valence-corrected chi connectivity index (χ2v) is 26.0. The summed E-state index contributed by atoms with van der Waals surface area (Å²) in [5.74, 6) is 1.70. The van der Waals surface area contributed by atoms with Crippen molar-refractivity contribution < 1.29 is 36.5 Å². The van der Waals surface area contributed by atoms with Gasteiger partial charge in [-0.25, -0.2) is 27.5 Å². The number of hydrogen-bond acceptors (Lipinski definition) is 8. The van der Waals surface area contributed by atoms with Crippen molar-refractivity contribution >= 4 is 61.4 Å². The van der Waals surface area contributed by atoms with Gasteiger partial charge in [-0.3, -0.25) is 0 Å². The van der Waals surface area contributed by atoms with Gasteiger partial charge in [0.15, 0.2) is 0 Å². The molecule has 18 heteroatoms. The molecule has 2 heterocycles. The maximum absolute atomic E-state index is 12.5. The average molecular weight is 804 g/mol. The van der Waals surface area contributed by atoms with Crippen LogP contribution in [0.25, 0.3) is 22.1 Å². The standard InChI is InChI=1S/2C17H22ClF2N3O2Si/c1-26(2,3)5-4-24-11-23-14-6-12(9-21)15(25-10-16(19)20)7-13(14)22-17(23)8-18;1-26(2,3)5-4-24-11-23-14-7-15(25-10-16(19)20)12(9-21)6-13(14)22-17(23)8-18/h2*6-7,16H,4-5,8,10-11H2,1-3H3. The van der Waals surface area contributed by atoms with Crippen LogP contribution in [0.1, 0.15) is 22.8 Å². The molecule has 4 rings (SSSR count). The van der Waals surface area contributed by atoms with E-state index >= 15 is 0 Å². The molecular formula is C34H44Cl2F4N6O4Si2. The molecule has 10 nitrogen and oxygen atoms in total. The van der Waals surface area contributed by atoms with Crippen molar-refractivity contribution in [3.8, 4) is 23.6 Å². The van der Waals surface area contributed by atoms with Crippen LogP contribution in [-0.2, 0) is 34.7 Å². The molecule has 0 aliphatic carbocycles. The van der Waals surface area contributed by atoms with Crippen molar-refractivity contribution in [2.24, 2.45) is 0 Å². The van der Waals surface area contributed by atoms with Crippen LogP contribution in [0.3, 0.4) is 0 Å². The monoisotopic (exact) mass is 802 g/mol. The summed E-state index contributed by atoms with van der Waals surface area (Å²) in [4.78, 5) is 8.81. The van der Waals surface area contributed by atoms with E-state index in [9.17, 15) is 28.1 Å². The molecule has 0 saturated heterocycles. The number of rotatable bonds is 18. The van der Waals surface area contributed by atoms with Crippen LogP contribution >= 0.6 is 23.2 Å². The normalized spacial score (nSPS) is 11.9. The summed E-state index contributed by atoms with van der Waals surface area (Å²) in [5.41, 5.74) is 2.70. The first-order chi connectivity index (χ1) is 24.5. The third kappa shape index (κ3) is 12.9. The molecule has 0 amide bonds. The van der Waals surface area contributed by atoms with Gasteiger partial charge in [0.2, 0.25) is 0 Å². The quantitative estimate of drug-likeness (QED) is 0.0423. The topological polar surface area (TPSA) is 120 Å². The number of nitrogens with zero attached hydrogens (tertiary/aromatic N) is 6. The number of benzene rings is 2. The van der Waals surface area contributed by atoms with Crippen molar-refractivity contribution in [3.63, 3.8) is 0 Å². The minimum absolute atomic E-state index is 0.0886. The zero-order valence-corrected chi connectivity index (χ0v) is 33.6. The van der Waals surface area contributed by atoms with Gasteiger partial charge in [-0.05, 0) is 24.2 Å². The van der Waals surface area contributed by atoms with Crippen LogP contribution < -0.4 is 9.47 Å². The summed E-state index contributed by atoms with van der Waals surface area (Å²) in [6.07, 6.45) is -5.24. The molecular weight excluding hydrogens is 759 g/mol. The zero-order valence-electron chi connectivity index (χ0n) is 30.1. The fourth-order valence-corrected chi connectivity index (χ4v) is 6.60. The molecule has 0 aliphatic heterocycles. The lowest BCUT2D eigenvalue weighted by molar-refractivity contribution is 0.0814. The molecule has 2 aromatic heterocycles. The minimum Gasteiger partial charge on any atom is -0.486 e. The van der Waals surface area contributed by atoms with Gasteiger partial charge < -0.3 is 28.1 Å². The number of nitriles is 2. The second kappa shape index (κ2) is 19.6. The van der Waals surface area contributed by atoms with E-state index in [0.717, 1.165) is 12.1 Å². The first kappa shape index (κ1) is 43.0. The summed E-state index contributed by atoms with van der Waals surface area (Å²) >= 11 is 12.0. The van der Waals surface area contributed by atoms with E-state index in [1.54, 1.807) is 21.3 Å². The van der Waals surface area contributed by atoms with Gasteiger partial charge in [-0.1, -0.05) is 39.3 Å². The highest BCUT2D eigenvalue weighted by Crippen LogP contribution is 2.29. The Bertz CT molecular complexity index is 1870. The van der Waals surface area contributed by atoms with E-state index in [1.807, 2.05) is 12.1 Å². The van der Waals surface area contributed by atoms with Crippen LogP contribution in [0.15, 0.2) is 24.3 Å². The molecule has 0 saturated carbocycles. The van der Waals surface area contributed by atoms with Gasteiger partial charge in [0, 0.05) is 41.5 Å². The maximum Gasteiger partial charge on any atom is 0.272 e. The lowest BCUT2D eigenvalue weighted by Gasteiger charge is -2.16. The van der Waals surface area contributed by atoms with Gasteiger partial charge in [-0.2, -0.15) is 10.5 Å². The van der Waals surface area contributed by atoms with Crippen molar-refractivity contribution in [1.29, 1.82) is 10.5 Å². The van der Waals surface area contributed by atoms with E-state index in [0.29, 0.717) is 46.9 Å². The molecule has 0 fully saturated rings. The molecule has 0 unspecified atom stereocenters. The van der Waals surface area contributed by atoms with E-state index in [4.69, 9.17) is 42.1 Å². The highest BCUT2D eigenvalue weighted by molar-refractivity contribution is 6.76. The van der Waals surface area contributed by atoms with Crippen LogP contribution in [0.4, 0.5) is 17.6 Å². The van der Waals surface area contributed by atoms with E-state index in [1.165, 1.54) is 12.1 Å². The highest BCUT2D eigenvalue weighted by atomic mass is 35.5.